The number of amides is 2. The van der Waals surface area contributed by atoms with Gasteiger partial charge in [-0.05, 0) is 44.9 Å². The highest BCUT2D eigenvalue weighted by Crippen LogP contribution is 2.41. The molecule has 1 spiro atoms. The van der Waals surface area contributed by atoms with Crippen molar-refractivity contribution in [2.75, 3.05) is 26.2 Å². The Kier molecular flexibility index (Phi) is 4.89. The van der Waals surface area contributed by atoms with Crippen LogP contribution < -0.4 is 11.2 Å². The molecule has 3 aliphatic rings. The summed E-state index contributed by atoms with van der Waals surface area (Å²) in [5, 5.41) is 0. The zero-order valence-corrected chi connectivity index (χ0v) is 16.4. The summed E-state index contributed by atoms with van der Waals surface area (Å²) in [6.45, 7) is 4.15. The van der Waals surface area contributed by atoms with Gasteiger partial charge in [-0.2, -0.15) is 0 Å². The molecule has 2 amide bonds. The summed E-state index contributed by atoms with van der Waals surface area (Å²) in [6, 6.07) is 0. The van der Waals surface area contributed by atoms with Crippen LogP contribution in [0.1, 0.15) is 44.1 Å². The van der Waals surface area contributed by atoms with Gasteiger partial charge in [0.15, 0.2) is 0 Å². The number of H-pyrrole nitrogens is 1. The van der Waals surface area contributed by atoms with Crippen molar-refractivity contribution in [3.8, 4) is 0 Å². The second-order valence-corrected chi connectivity index (χ2v) is 8.70. The van der Waals surface area contributed by atoms with Crippen molar-refractivity contribution < 1.29 is 9.59 Å². The lowest BCUT2D eigenvalue weighted by atomic mass is 9.77. The van der Waals surface area contributed by atoms with Crippen LogP contribution in [0.15, 0.2) is 15.8 Å². The molecule has 4 rings (SSSR count). The molecular weight excluding hydrogens is 360 g/mol. The van der Waals surface area contributed by atoms with Crippen molar-refractivity contribution >= 4 is 11.8 Å². The predicted octanol–water partition coefficient (Wildman–Crippen LogP) is 0.486. The van der Waals surface area contributed by atoms with Gasteiger partial charge < -0.3 is 9.80 Å². The number of aromatic amines is 1. The van der Waals surface area contributed by atoms with Gasteiger partial charge in [0.05, 0.1) is 5.41 Å². The third kappa shape index (κ3) is 3.40. The third-order valence-corrected chi connectivity index (χ3v) is 6.73. The van der Waals surface area contributed by atoms with Gasteiger partial charge in [0.2, 0.25) is 11.8 Å². The predicted molar refractivity (Wildman–Crippen MR) is 103 cm³/mol. The van der Waals surface area contributed by atoms with Crippen LogP contribution in [0.2, 0.25) is 0 Å². The number of rotatable bonds is 4. The molecule has 1 aromatic heterocycles. The molecule has 3 heterocycles. The second-order valence-electron chi connectivity index (χ2n) is 8.70. The Hall–Kier alpha value is -2.38. The van der Waals surface area contributed by atoms with Crippen LogP contribution >= 0.6 is 0 Å². The van der Waals surface area contributed by atoms with E-state index in [0.29, 0.717) is 31.0 Å². The number of nitrogens with zero attached hydrogens (tertiary/aromatic N) is 3. The van der Waals surface area contributed by atoms with E-state index in [9.17, 15) is 19.2 Å². The molecule has 2 aliphatic heterocycles. The van der Waals surface area contributed by atoms with Crippen LogP contribution in [0.5, 0.6) is 0 Å². The molecule has 8 heteroatoms. The first kappa shape index (κ1) is 19.0. The van der Waals surface area contributed by atoms with E-state index in [2.05, 4.69) is 4.98 Å². The Labute approximate surface area is 163 Å². The van der Waals surface area contributed by atoms with Gasteiger partial charge in [0, 0.05) is 37.9 Å². The number of aryl methyl sites for hydroxylation is 1. The number of piperidine rings is 1. The lowest BCUT2D eigenvalue weighted by molar-refractivity contribution is -0.147. The molecule has 0 unspecified atom stereocenters. The number of aromatic nitrogens is 2. The van der Waals surface area contributed by atoms with E-state index in [-0.39, 0.29) is 18.4 Å². The Morgan fingerprint density at radius 2 is 1.96 bits per heavy atom. The molecule has 1 aromatic rings. The Bertz CT molecular complexity index is 900. The minimum atomic E-state index is -0.585. The topological polar surface area (TPSA) is 95.5 Å². The summed E-state index contributed by atoms with van der Waals surface area (Å²) in [4.78, 5) is 55.3. The van der Waals surface area contributed by atoms with Gasteiger partial charge in [-0.15, -0.1) is 0 Å². The zero-order chi connectivity index (χ0) is 19.9. The summed E-state index contributed by atoms with van der Waals surface area (Å²) < 4.78 is 1.23. The molecule has 1 aliphatic carbocycles. The van der Waals surface area contributed by atoms with Crippen molar-refractivity contribution in [1.82, 2.24) is 19.4 Å². The van der Waals surface area contributed by atoms with E-state index in [0.717, 1.165) is 25.9 Å². The van der Waals surface area contributed by atoms with Crippen molar-refractivity contribution in [1.29, 1.82) is 0 Å². The van der Waals surface area contributed by atoms with Crippen LogP contribution in [-0.4, -0.2) is 57.3 Å². The molecule has 28 heavy (non-hydrogen) atoms. The number of carbonyl (C=O) groups excluding carboxylic acids is 2. The van der Waals surface area contributed by atoms with Gasteiger partial charge >= 0.3 is 5.69 Å². The van der Waals surface area contributed by atoms with Crippen molar-refractivity contribution in [3.63, 3.8) is 0 Å². The third-order valence-electron chi connectivity index (χ3n) is 6.73. The van der Waals surface area contributed by atoms with E-state index in [1.54, 1.807) is 11.8 Å². The van der Waals surface area contributed by atoms with E-state index >= 15 is 0 Å². The van der Waals surface area contributed by atoms with E-state index in [1.165, 1.54) is 30.0 Å². The first-order valence-electron chi connectivity index (χ1n) is 10.3. The number of nitrogens with one attached hydrogen (secondary N) is 1. The van der Waals surface area contributed by atoms with Crippen LogP contribution in [-0.2, 0) is 16.1 Å². The van der Waals surface area contributed by atoms with Crippen molar-refractivity contribution in [3.05, 3.63) is 32.6 Å². The van der Waals surface area contributed by atoms with Gasteiger partial charge in [0.25, 0.3) is 5.56 Å². The Balaban J connectivity index is 1.43. The summed E-state index contributed by atoms with van der Waals surface area (Å²) in [5.41, 5.74) is -1.09. The fourth-order valence-electron chi connectivity index (χ4n) is 4.76. The molecule has 0 radical (unpaired) electrons. The monoisotopic (exact) mass is 388 g/mol. The number of likely N-dealkylation sites (tertiary alicyclic amines) is 2. The van der Waals surface area contributed by atoms with Crippen molar-refractivity contribution in [2.24, 2.45) is 11.3 Å². The average Bonchev–Trinajstić information content (AvgIpc) is 3.05. The van der Waals surface area contributed by atoms with Crippen molar-refractivity contribution in [2.45, 2.75) is 52.0 Å². The first-order chi connectivity index (χ1) is 13.4. The first-order valence-corrected chi connectivity index (χ1v) is 10.3. The molecule has 0 aromatic carbocycles. The fraction of sp³-hybridized carbons (Fsp3) is 0.700. The lowest BCUT2D eigenvalue weighted by Gasteiger charge is -2.42. The van der Waals surface area contributed by atoms with Gasteiger partial charge in [-0.25, -0.2) is 4.79 Å². The summed E-state index contributed by atoms with van der Waals surface area (Å²) in [7, 11) is 0. The maximum atomic E-state index is 13.2. The second kappa shape index (κ2) is 7.22. The van der Waals surface area contributed by atoms with Gasteiger partial charge in [-0.1, -0.05) is 6.42 Å². The SMILES string of the molecule is Cc1cn(CC(=O)N2CC[C@]3(CCCN(CC4CCC4)C3=O)C2)c(=O)[nH]c1=O. The normalized spacial score (nSPS) is 25.4. The molecular formula is C20H28N4O4. The molecule has 1 N–H and O–H groups in total. The smallest absolute Gasteiger partial charge is 0.328 e. The number of hydrogen-bond acceptors (Lipinski definition) is 4. The van der Waals surface area contributed by atoms with Gasteiger partial charge in [-0.3, -0.25) is 23.9 Å². The van der Waals surface area contributed by atoms with Gasteiger partial charge in [0.1, 0.15) is 6.54 Å². The van der Waals surface area contributed by atoms with E-state index in [1.807, 2.05) is 4.90 Å². The summed E-state index contributed by atoms with van der Waals surface area (Å²) in [5.74, 6) is 0.668. The molecule has 2 saturated heterocycles. The molecule has 1 saturated carbocycles. The van der Waals surface area contributed by atoms with Crippen LogP contribution in [0, 0.1) is 18.3 Å². The zero-order valence-electron chi connectivity index (χ0n) is 16.4. The highest BCUT2D eigenvalue weighted by Gasteiger charge is 2.49. The maximum Gasteiger partial charge on any atom is 0.328 e. The minimum Gasteiger partial charge on any atom is -0.342 e. The fourth-order valence-corrected chi connectivity index (χ4v) is 4.76. The van der Waals surface area contributed by atoms with E-state index < -0.39 is 16.7 Å². The molecule has 0 bridgehead atoms. The molecule has 1 atom stereocenters. The van der Waals surface area contributed by atoms with Crippen LogP contribution in [0.25, 0.3) is 0 Å². The number of carbonyl (C=O) groups is 2. The molecule has 8 nitrogen and oxygen atoms in total. The van der Waals surface area contributed by atoms with Crippen LogP contribution in [0.3, 0.4) is 0 Å². The average molecular weight is 388 g/mol. The molecule has 152 valence electrons. The Morgan fingerprint density at radius 3 is 2.68 bits per heavy atom. The largest absolute Gasteiger partial charge is 0.342 e. The minimum absolute atomic E-state index is 0.119. The Morgan fingerprint density at radius 1 is 1.18 bits per heavy atom. The number of hydrogen-bond donors (Lipinski definition) is 1. The molecule has 3 fully saturated rings. The summed E-state index contributed by atoms with van der Waals surface area (Å²) >= 11 is 0. The standard InChI is InChI=1S/C20H28N4O4/c1-14-10-24(19(28)21-17(14)26)12-16(25)23-9-7-20(13-23)6-3-8-22(18(20)27)11-15-4-2-5-15/h10,15H,2-9,11-13H2,1H3,(H,21,26,28)/t20-/m1/s1. The highest BCUT2D eigenvalue weighted by atomic mass is 16.2. The highest BCUT2D eigenvalue weighted by molar-refractivity contribution is 5.86. The van der Waals surface area contributed by atoms with E-state index in [4.69, 9.17) is 0 Å². The maximum absolute atomic E-state index is 13.2. The van der Waals surface area contributed by atoms with Crippen LogP contribution in [0.4, 0.5) is 0 Å². The summed E-state index contributed by atoms with van der Waals surface area (Å²) in [6.07, 6.45) is 7.62. The lowest BCUT2D eigenvalue weighted by Crippen LogP contribution is -2.52. The quantitative estimate of drug-likeness (QED) is 0.812.